The third-order valence-electron chi connectivity index (χ3n) is 3.13. The Morgan fingerprint density at radius 2 is 2.17 bits per heavy atom. The number of hydrogen-bond acceptors (Lipinski definition) is 7. The minimum Gasteiger partial charge on any atom is -0.511 e. The van der Waals surface area contributed by atoms with E-state index in [4.69, 9.17) is 9.83 Å². The minimum absolute atomic E-state index is 0.0452. The standard InChI is InChI=1S/C15H18N4O3S/c1-4-19-14(12-6-5-7-22-12)17-18-15(19)23-8-11(21)13(9(2)16)10(3)20/h5-7,16,21H,4,8H2,1-3H3/b13-11+,16-9?. The summed E-state index contributed by atoms with van der Waals surface area (Å²) in [6.45, 7) is 5.40. The van der Waals surface area contributed by atoms with Crippen molar-refractivity contribution in [3.63, 3.8) is 0 Å². The first-order valence-corrected chi connectivity index (χ1v) is 8.02. The summed E-state index contributed by atoms with van der Waals surface area (Å²) in [4.78, 5) is 11.5. The van der Waals surface area contributed by atoms with Gasteiger partial charge in [0.05, 0.1) is 17.6 Å². The second-order valence-electron chi connectivity index (χ2n) is 4.82. The highest BCUT2D eigenvalue weighted by Crippen LogP contribution is 2.25. The Morgan fingerprint density at radius 1 is 1.43 bits per heavy atom. The predicted octanol–water partition coefficient (Wildman–Crippen LogP) is 3.09. The highest BCUT2D eigenvalue weighted by molar-refractivity contribution is 7.99. The third-order valence-corrected chi connectivity index (χ3v) is 4.11. The number of carbonyl (C=O) groups excluding carboxylic acids is 1. The number of aliphatic hydroxyl groups is 1. The van der Waals surface area contributed by atoms with Crippen LogP contribution in [0.5, 0.6) is 0 Å². The van der Waals surface area contributed by atoms with Gasteiger partial charge in [0.15, 0.2) is 22.5 Å². The number of Topliss-reactive ketones (excluding diaryl/α,β-unsaturated/α-hetero) is 1. The molecule has 23 heavy (non-hydrogen) atoms. The molecule has 0 aromatic carbocycles. The molecule has 0 bridgehead atoms. The number of carbonyl (C=O) groups is 1. The summed E-state index contributed by atoms with van der Waals surface area (Å²) in [6, 6.07) is 3.58. The van der Waals surface area contributed by atoms with Gasteiger partial charge in [0, 0.05) is 12.3 Å². The average Bonchev–Trinajstić information content (AvgIpc) is 3.12. The van der Waals surface area contributed by atoms with Crippen molar-refractivity contribution in [2.75, 3.05) is 5.75 Å². The van der Waals surface area contributed by atoms with Crippen LogP contribution in [0, 0.1) is 5.41 Å². The van der Waals surface area contributed by atoms with E-state index >= 15 is 0 Å². The Bertz CT molecular complexity index is 731. The van der Waals surface area contributed by atoms with E-state index < -0.39 is 0 Å². The lowest BCUT2D eigenvalue weighted by Crippen LogP contribution is -2.11. The van der Waals surface area contributed by atoms with Gasteiger partial charge in [-0.2, -0.15) is 0 Å². The van der Waals surface area contributed by atoms with E-state index in [-0.39, 0.29) is 28.6 Å². The van der Waals surface area contributed by atoms with Crippen molar-refractivity contribution in [3.05, 3.63) is 29.7 Å². The van der Waals surface area contributed by atoms with Crippen LogP contribution in [0.2, 0.25) is 0 Å². The fourth-order valence-corrected chi connectivity index (χ4v) is 3.04. The Balaban J connectivity index is 2.23. The summed E-state index contributed by atoms with van der Waals surface area (Å²) >= 11 is 1.25. The number of rotatable bonds is 7. The van der Waals surface area contributed by atoms with Crippen molar-refractivity contribution in [1.29, 1.82) is 5.41 Å². The summed E-state index contributed by atoms with van der Waals surface area (Å²) in [5, 5.41) is 26.5. The van der Waals surface area contributed by atoms with Crippen molar-refractivity contribution in [2.24, 2.45) is 0 Å². The summed E-state index contributed by atoms with van der Waals surface area (Å²) in [5.41, 5.74) is 0.0927. The Hall–Kier alpha value is -2.35. The van der Waals surface area contributed by atoms with Gasteiger partial charge >= 0.3 is 0 Å². The monoisotopic (exact) mass is 334 g/mol. The maximum atomic E-state index is 11.5. The molecule has 8 heteroatoms. The fraction of sp³-hybridized carbons (Fsp3) is 0.333. The highest BCUT2D eigenvalue weighted by atomic mass is 32.2. The van der Waals surface area contributed by atoms with Crippen molar-refractivity contribution >= 4 is 23.3 Å². The molecule has 2 aromatic heterocycles. The van der Waals surface area contributed by atoms with Gasteiger partial charge in [0.25, 0.3) is 0 Å². The van der Waals surface area contributed by atoms with Gasteiger partial charge in [-0.05, 0) is 32.9 Å². The summed E-state index contributed by atoms with van der Waals surface area (Å²) < 4.78 is 7.20. The molecular weight excluding hydrogens is 316 g/mol. The van der Waals surface area contributed by atoms with Crippen LogP contribution in [0.15, 0.2) is 39.3 Å². The van der Waals surface area contributed by atoms with Gasteiger partial charge in [-0.15, -0.1) is 10.2 Å². The lowest BCUT2D eigenvalue weighted by atomic mass is 10.1. The summed E-state index contributed by atoms with van der Waals surface area (Å²) in [5.74, 6) is 0.912. The second kappa shape index (κ2) is 7.28. The van der Waals surface area contributed by atoms with Gasteiger partial charge in [-0.3, -0.25) is 9.36 Å². The molecule has 0 fully saturated rings. The first kappa shape index (κ1) is 17.0. The SMILES string of the molecule is CCn1c(SC/C(O)=C(/C(C)=N)C(C)=O)nnc1-c1ccco1. The Morgan fingerprint density at radius 3 is 2.70 bits per heavy atom. The average molecular weight is 334 g/mol. The maximum Gasteiger partial charge on any atom is 0.200 e. The molecule has 0 aliphatic heterocycles. The van der Waals surface area contributed by atoms with Crippen LogP contribution in [0.25, 0.3) is 11.6 Å². The molecule has 0 saturated heterocycles. The molecule has 0 aliphatic rings. The zero-order valence-corrected chi connectivity index (χ0v) is 14.0. The van der Waals surface area contributed by atoms with E-state index in [1.165, 1.54) is 25.6 Å². The van der Waals surface area contributed by atoms with Crippen LogP contribution in [0.1, 0.15) is 20.8 Å². The van der Waals surface area contributed by atoms with E-state index in [1.54, 1.807) is 18.4 Å². The molecule has 2 N–H and O–H groups in total. The number of thioether (sulfide) groups is 1. The van der Waals surface area contributed by atoms with Gasteiger partial charge in [-0.1, -0.05) is 11.8 Å². The number of furan rings is 1. The maximum absolute atomic E-state index is 11.5. The number of hydrogen-bond donors (Lipinski definition) is 2. The van der Waals surface area contributed by atoms with Crippen LogP contribution in [0.4, 0.5) is 0 Å². The first-order chi connectivity index (χ1) is 11.0. The van der Waals surface area contributed by atoms with Crippen LogP contribution in [-0.2, 0) is 11.3 Å². The molecule has 0 unspecified atom stereocenters. The lowest BCUT2D eigenvalue weighted by Gasteiger charge is -2.08. The molecule has 0 radical (unpaired) electrons. The van der Waals surface area contributed by atoms with Gasteiger partial charge in [0.2, 0.25) is 0 Å². The number of nitrogens with one attached hydrogen (secondary N) is 1. The van der Waals surface area contributed by atoms with Crippen molar-refractivity contribution in [3.8, 4) is 11.6 Å². The Labute approximate surface area is 137 Å². The van der Waals surface area contributed by atoms with E-state index in [0.717, 1.165) is 0 Å². The minimum atomic E-state index is -0.330. The number of aromatic nitrogens is 3. The molecule has 0 spiro atoms. The molecule has 2 rings (SSSR count). The molecule has 2 aromatic rings. The smallest absolute Gasteiger partial charge is 0.200 e. The first-order valence-electron chi connectivity index (χ1n) is 7.04. The molecule has 2 heterocycles. The molecular formula is C15H18N4O3S. The largest absolute Gasteiger partial charge is 0.511 e. The van der Waals surface area contributed by atoms with Crippen LogP contribution >= 0.6 is 11.8 Å². The van der Waals surface area contributed by atoms with Crippen molar-refractivity contribution in [1.82, 2.24) is 14.8 Å². The van der Waals surface area contributed by atoms with Crippen LogP contribution < -0.4 is 0 Å². The molecule has 0 atom stereocenters. The second-order valence-corrected chi connectivity index (χ2v) is 5.76. The van der Waals surface area contributed by atoms with E-state index in [9.17, 15) is 9.90 Å². The topological polar surface area (TPSA) is 105 Å². The molecule has 0 aliphatic carbocycles. The number of aliphatic hydroxyl groups excluding tert-OH is 1. The number of nitrogens with zero attached hydrogens (tertiary/aromatic N) is 3. The lowest BCUT2D eigenvalue weighted by molar-refractivity contribution is -0.113. The number of ketones is 1. The summed E-state index contributed by atoms with van der Waals surface area (Å²) in [6.07, 6.45) is 1.57. The molecule has 0 saturated carbocycles. The van der Waals surface area contributed by atoms with E-state index in [0.29, 0.717) is 23.3 Å². The zero-order chi connectivity index (χ0) is 17.0. The van der Waals surface area contributed by atoms with Crippen LogP contribution in [-0.4, -0.2) is 37.1 Å². The summed E-state index contributed by atoms with van der Waals surface area (Å²) in [7, 11) is 0. The quantitative estimate of drug-likeness (QED) is 0.349. The predicted molar refractivity (Wildman–Crippen MR) is 87.9 cm³/mol. The zero-order valence-electron chi connectivity index (χ0n) is 13.2. The van der Waals surface area contributed by atoms with Gasteiger partial charge in [-0.25, -0.2) is 0 Å². The molecule has 7 nitrogen and oxygen atoms in total. The van der Waals surface area contributed by atoms with E-state index in [1.807, 2.05) is 11.5 Å². The molecule has 0 amide bonds. The van der Waals surface area contributed by atoms with Gasteiger partial charge < -0.3 is 14.9 Å². The molecule has 122 valence electrons. The fourth-order valence-electron chi connectivity index (χ4n) is 2.16. The number of allylic oxidation sites excluding steroid dienone is 1. The normalized spacial score (nSPS) is 12.1. The van der Waals surface area contributed by atoms with Crippen LogP contribution in [0.3, 0.4) is 0 Å². The van der Waals surface area contributed by atoms with Gasteiger partial charge in [0.1, 0.15) is 5.76 Å². The van der Waals surface area contributed by atoms with Crippen molar-refractivity contribution < 1.29 is 14.3 Å². The van der Waals surface area contributed by atoms with E-state index in [2.05, 4.69) is 10.2 Å². The highest BCUT2D eigenvalue weighted by Gasteiger charge is 2.18. The Kier molecular flexibility index (Phi) is 5.38. The third kappa shape index (κ3) is 3.70. The van der Waals surface area contributed by atoms with Crippen molar-refractivity contribution in [2.45, 2.75) is 32.5 Å².